The largest absolute Gasteiger partial charge is 0.397 e. The summed E-state index contributed by atoms with van der Waals surface area (Å²) in [6.45, 7) is 1.96. The summed E-state index contributed by atoms with van der Waals surface area (Å²) in [7, 11) is 0. The van der Waals surface area contributed by atoms with Gasteiger partial charge in [-0.2, -0.15) is 0 Å². The SMILES string of the molecule is Cc1cc(Nc2ccc3nc[nH]c3c2)ncc1N. The zero-order valence-electron chi connectivity index (χ0n) is 9.94. The fraction of sp³-hybridized carbons (Fsp3) is 0.0769. The van der Waals surface area contributed by atoms with Gasteiger partial charge in [-0.1, -0.05) is 0 Å². The summed E-state index contributed by atoms with van der Waals surface area (Å²) in [5.41, 5.74) is 10.3. The zero-order valence-corrected chi connectivity index (χ0v) is 9.94. The van der Waals surface area contributed by atoms with Gasteiger partial charge in [0, 0.05) is 5.69 Å². The number of rotatable bonds is 2. The third-order valence-electron chi connectivity index (χ3n) is 2.84. The van der Waals surface area contributed by atoms with Crippen LogP contribution >= 0.6 is 0 Å². The van der Waals surface area contributed by atoms with E-state index in [1.165, 1.54) is 0 Å². The van der Waals surface area contributed by atoms with Crippen molar-refractivity contribution in [3.63, 3.8) is 0 Å². The van der Waals surface area contributed by atoms with Gasteiger partial charge in [0.25, 0.3) is 0 Å². The Kier molecular flexibility index (Phi) is 2.37. The molecule has 2 aromatic heterocycles. The second-order valence-electron chi connectivity index (χ2n) is 4.19. The standard InChI is InChI=1S/C13H13N5/c1-8-4-13(15-6-10(8)14)18-9-2-3-11-12(5-9)17-7-16-11/h2-7H,14H2,1H3,(H,15,18)(H,16,17). The molecule has 0 amide bonds. The lowest BCUT2D eigenvalue weighted by Gasteiger charge is -2.07. The van der Waals surface area contributed by atoms with Crippen molar-refractivity contribution < 1.29 is 0 Å². The summed E-state index contributed by atoms with van der Waals surface area (Å²) in [5, 5.41) is 3.24. The molecule has 90 valence electrons. The van der Waals surface area contributed by atoms with E-state index in [2.05, 4.69) is 20.3 Å². The van der Waals surface area contributed by atoms with Gasteiger partial charge in [0.15, 0.2) is 0 Å². The van der Waals surface area contributed by atoms with Gasteiger partial charge in [0.2, 0.25) is 0 Å². The molecule has 2 heterocycles. The number of anilines is 3. The first kappa shape index (κ1) is 10.6. The lowest BCUT2D eigenvalue weighted by atomic mass is 10.2. The highest BCUT2D eigenvalue weighted by Gasteiger charge is 2.01. The molecule has 5 heteroatoms. The Morgan fingerprint density at radius 2 is 2.11 bits per heavy atom. The van der Waals surface area contributed by atoms with Crippen LogP contribution in [0.1, 0.15) is 5.56 Å². The molecule has 4 N–H and O–H groups in total. The number of nitrogens with zero attached hydrogens (tertiary/aromatic N) is 2. The summed E-state index contributed by atoms with van der Waals surface area (Å²) < 4.78 is 0. The maximum absolute atomic E-state index is 5.74. The molecule has 5 nitrogen and oxygen atoms in total. The van der Waals surface area contributed by atoms with Crippen molar-refractivity contribution in [3.05, 3.63) is 42.4 Å². The minimum atomic E-state index is 0.699. The fourth-order valence-electron chi connectivity index (χ4n) is 1.80. The normalized spacial score (nSPS) is 10.7. The second kappa shape index (κ2) is 4.03. The van der Waals surface area contributed by atoms with E-state index in [1.54, 1.807) is 12.5 Å². The van der Waals surface area contributed by atoms with Crippen LogP contribution in [-0.2, 0) is 0 Å². The number of aromatic amines is 1. The van der Waals surface area contributed by atoms with Gasteiger partial charge in [0.05, 0.1) is 29.2 Å². The molecule has 0 atom stereocenters. The van der Waals surface area contributed by atoms with Crippen molar-refractivity contribution in [3.8, 4) is 0 Å². The second-order valence-corrected chi connectivity index (χ2v) is 4.19. The van der Waals surface area contributed by atoms with Gasteiger partial charge in [-0.25, -0.2) is 9.97 Å². The van der Waals surface area contributed by atoms with Gasteiger partial charge >= 0.3 is 0 Å². The molecule has 3 rings (SSSR count). The first-order valence-electron chi connectivity index (χ1n) is 5.65. The van der Waals surface area contributed by atoms with Crippen molar-refractivity contribution in [2.75, 3.05) is 11.1 Å². The minimum absolute atomic E-state index is 0.699. The highest BCUT2D eigenvalue weighted by atomic mass is 15.0. The zero-order chi connectivity index (χ0) is 12.5. The van der Waals surface area contributed by atoms with E-state index < -0.39 is 0 Å². The maximum atomic E-state index is 5.74. The van der Waals surface area contributed by atoms with E-state index in [0.29, 0.717) is 5.69 Å². The van der Waals surface area contributed by atoms with Crippen LogP contribution in [0.4, 0.5) is 17.2 Å². The van der Waals surface area contributed by atoms with E-state index in [9.17, 15) is 0 Å². The van der Waals surface area contributed by atoms with Gasteiger partial charge in [-0.3, -0.25) is 0 Å². The lowest BCUT2D eigenvalue weighted by Crippen LogP contribution is -1.97. The maximum Gasteiger partial charge on any atom is 0.130 e. The molecular weight excluding hydrogens is 226 g/mol. The Morgan fingerprint density at radius 1 is 1.22 bits per heavy atom. The number of hydrogen-bond donors (Lipinski definition) is 3. The highest BCUT2D eigenvalue weighted by Crippen LogP contribution is 2.21. The van der Waals surface area contributed by atoms with Crippen LogP contribution in [0, 0.1) is 6.92 Å². The van der Waals surface area contributed by atoms with Crippen LogP contribution in [0.2, 0.25) is 0 Å². The molecule has 0 aliphatic heterocycles. The lowest BCUT2D eigenvalue weighted by molar-refractivity contribution is 1.28. The Morgan fingerprint density at radius 3 is 2.94 bits per heavy atom. The van der Waals surface area contributed by atoms with E-state index in [4.69, 9.17) is 5.73 Å². The van der Waals surface area contributed by atoms with Crippen LogP contribution in [0.3, 0.4) is 0 Å². The monoisotopic (exact) mass is 239 g/mol. The van der Waals surface area contributed by atoms with Gasteiger partial charge in [-0.15, -0.1) is 0 Å². The Hall–Kier alpha value is -2.56. The molecule has 0 aliphatic carbocycles. The Balaban J connectivity index is 1.92. The van der Waals surface area contributed by atoms with Crippen LogP contribution in [0.25, 0.3) is 11.0 Å². The van der Waals surface area contributed by atoms with Gasteiger partial charge in [0.1, 0.15) is 5.82 Å². The molecule has 0 saturated heterocycles. The Bertz CT molecular complexity index is 701. The van der Waals surface area contributed by atoms with Crippen LogP contribution in [-0.4, -0.2) is 15.0 Å². The summed E-state index contributed by atoms with van der Waals surface area (Å²) >= 11 is 0. The quantitative estimate of drug-likeness (QED) is 0.642. The minimum Gasteiger partial charge on any atom is -0.397 e. The predicted molar refractivity (Wildman–Crippen MR) is 72.8 cm³/mol. The summed E-state index contributed by atoms with van der Waals surface area (Å²) in [4.78, 5) is 11.5. The molecule has 0 radical (unpaired) electrons. The van der Waals surface area contributed by atoms with Crippen molar-refractivity contribution in [2.24, 2.45) is 0 Å². The van der Waals surface area contributed by atoms with E-state index >= 15 is 0 Å². The molecule has 0 spiro atoms. The average Bonchev–Trinajstić information content (AvgIpc) is 2.81. The van der Waals surface area contributed by atoms with Crippen LogP contribution in [0.5, 0.6) is 0 Å². The highest BCUT2D eigenvalue weighted by molar-refractivity contribution is 5.79. The van der Waals surface area contributed by atoms with Crippen molar-refractivity contribution >= 4 is 28.2 Å². The number of nitrogen functional groups attached to an aromatic ring is 1. The van der Waals surface area contributed by atoms with Crippen LogP contribution < -0.4 is 11.1 Å². The van der Waals surface area contributed by atoms with E-state index in [0.717, 1.165) is 28.1 Å². The smallest absolute Gasteiger partial charge is 0.130 e. The van der Waals surface area contributed by atoms with Gasteiger partial charge < -0.3 is 16.0 Å². The number of pyridine rings is 1. The molecule has 3 aromatic rings. The molecule has 18 heavy (non-hydrogen) atoms. The molecule has 0 fully saturated rings. The summed E-state index contributed by atoms with van der Waals surface area (Å²) in [5.74, 6) is 0.778. The van der Waals surface area contributed by atoms with Crippen molar-refractivity contribution in [1.29, 1.82) is 0 Å². The number of imidazole rings is 1. The van der Waals surface area contributed by atoms with E-state index in [1.807, 2.05) is 31.2 Å². The van der Waals surface area contributed by atoms with Crippen LogP contribution in [0.15, 0.2) is 36.8 Å². The molecule has 0 bridgehead atoms. The number of aryl methyl sites for hydroxylation is 1. The number of hydrogen-bond acceptors (Lipinski definition) is 4. The molecule has 1 aromatic carbocycles. The number of nitrogens with two attached hydrogens (primary N) is 1. The molecular formula is C13H13N5. The first-order valence-corrected chi connectivity index (χ1v) is 5.65. The van der Waals surface area contributed by atoms with Crippen molar-refractivity contribution in [2.45, 2.75) is 6.92 Å². The number of aromatic nitrogens is 3. The van der Waals surface area contributed by atoms with Gasteiger partial charge in [-0.05, 0) is 36.8 Å². The summed E-state index contributed by atoms with van der Waals surface area (Å²) in [6.07, 6.45) is 3.34. The average molecular weight is 239 g/mol. The molecule has 0 unspecified atom stereocenters. The summed E-state index contributed by atoms with van der Waals surface area (Å²) in [6, 6.07) is 7.84. The first-order chi connectivity index (χ1) is 8.72. The third-order valence-corrected chi connectivity index (χ3v) is 2.84. The Labute approximate surface area is 104 Å². The predicted octanol–water partition coefficient (Wildman–Crippen LogP) is 2.59. The number of nitrogens with one attached hydrogen (secondary N) is 2. The topological polar surface area (TPSA) is 79.6 Å². The number of benzene rings is 1. The fourth-order valence-corrected chi connectivity index (χ4v) is 1.80. The number of fused-ring (bicyclic) bond motifs is 1. The number of H-pyrrole nitrogens is 1. The van der Waals surface area contributed by atoms with E-state index in [-0.39, 0.29) is 0 Å². The molecule has 0 saturated carbocycles. The van der Waals surface area contributed by atoms with Crippen molar-refractivity contribution in [1.82, 2.24) is 15.0 Å². The third kappa shape index (κ3) is 1.86. The molecule has 0 aliphatic rings.